The van der Waals surface area contributed by atoms with Gasteiger partial charge in [-0.05, 0) is 41.6 Å². The SMILES string of the molecule is CCN(CCN(C)c1cc(C#N)ccn1)C(=O)c1ccccc1-n1cnnn1. The molecule has 3 aromatic rings. The van der Waals surface area contributed by atoms with E-state index >= 15 is 0 Å². The van der Waals surface area contributed by atoms with Crippen LogP contribution in [-0.4, -0.2) is 62.7 Å². The van der Waals surface area contributed by atoms with E-state index in [0.29, 0.717) is 42.3 Å². The zero-order valence-electron chi connectivity index (χ0n) is 15.7. The molecule has 2 heterocycles. The molecule has 3 rings (SSSR count). The maximum Gasteiger partial charge on any atom is 0.256 e. The summed E-state index contributed by atoms with van der Waals surface area (Å²) in [6, 6.07) is 12.7. The van der Waals surface area contributed by atoms with Crippen molar-refractivity contribution in [2.45, 2.75) is 6.92 Å². The first kappa shape index (κ1) is 19.0. The Morgan fingerprint density at radius 3 is 2.79 bits per heavy atom. The van der Waals surface area contributed by atoms with Crippen LogP contribution >= 0.6 is 0 Å². The molecule has 0 N–H and O–H groups in total. The first-order chi connectivity index (χ1) is 13.6. The Kier molecular flexibility index (Phi) is 5.91. The number of carbonyl (C=O) groups is 1. The van der Waals surface area contributed by atoms with Gasteiger partial charge in [0.05, 0.1) is 22.9 Å². The van der Waals surface area contributed by atoms with Crippen LogP contribution in [0.1, 0.15) is 22.8 Å². The van der Waals surface area contributed by atoms with Crippen molar-refractivity contribution in [1.29, 1.82) is 5.26 Å². The minimum atomic E-state index is -0.0965. The standard InChI is InChI=1S/C19H20N8O/c1-3-26(11-10-25(2)18-12-15(13-20)8-9-21-18)19(28)16-6-4-5-7-17(16)27-14-22-23-24-27/h4-9,12,14H,3,10-11H2,1-2H3. The van der Waals surface area contributed by atoms with E-state index in [0.717, 1.165) is 0 Å². The molecule has 0 saturated heterocycles. The van der Waals surface area contributed by atoms with Gasteiger partial charge in [-0.25, -0.2) is 4.98 Å². The summed E-state index contributed by atoms with van der Waals surface area (Å²) in [5, 5.41) is 20.2. The number of aromatic nitrogens is 5. The first-order valence-electron chi connectivity index (χ1n) is 8.83. The van der Waals surface area contributed by atoms with Crippen molar-refractivity contribution in [2.75, 3.05) is 31.6 Å². The van der Waals surface area contributed by atoms with Gasteiger partial charge in [0.25, 0.3) is 5.91 Å². The van der Waals surface area contributed by atoms with Gasteiger partial charge >= 0.3 is 0 Å². The van der Waals surface area contributed by atoms with Gasteiger partial charge in [-0.1, -0.05) is 12.1 Å². The van der Waals surface area contributed by atoms with Crippen LogP contribution in [0.15, 0.2) is 48.9 Å². The van der Waals surface area contributed by atoms with Crippen molar-refractivity contribution in [1.82, 2.24) is 30.1 Å². The number of hydrogen-bond donors (Lipinski definition) is 0. The van der Waals surface area contributed by atoms with Crippen molar-refractivity contribution in [3.05, 3.63) is 60.0 Å². The summed E-state index contributed by atoms with van der Waals surface area (Å²) in [5.74, 6) is 0.595. The number of para-hydroxylation sites is 1. The number of nitriles is 1. The molecule has 0 unspecified atom stereocenters. The number of likely N-dealkylation sites (N-methyl/N-ethyl adjacent to an activating group) is 2. The molecule has 0 fully saturated rings. The number of rotatable bonds is 7. The van der Waals surface area contributed by atoms with Crippen molar-refractivity contribution in [2.24, 2.45) is 0 Å². The Morgan fingerprint density at radius 1 is 1.25 bits per heavy atom. The average Bonchev–Trinajstić information content (AvgIpc) is 3.28. The summed E-state index contributed by atoms with van der Waals surface area (Å²) in [4.78, 5) is 21.1. The number of pyridine rings is 1. The summed E-state index contributed by atoms with van der Waals surface area (Å²) in [5.41, 5.74) is 1.72. The molecular formula is C19H20N8O. The second-order valence-corrected chi connectivity index (χ2v) is 6.09. The number of carbonyl (C=O) groups excluding carboxylic acids is 1. The van der Waals surface area contributed by atoms with Crippen molar-refractivity contribution < 1.29 is 4.79 Å². The van der Waals surface area contributed by atoms with Crippen LogP contribution in [0.4, 0.5) is 5.82 Å². The molecule has 0 aliphatic carbocycles. The van der Waals surface area contributed by atoms with Crippen LogP contribution in [0, 0.1) is 11.3 Å². The van der Waals surface area contributed by atoms with E-state index in [4.69, 9.17) is 5.26 Å². The predicted molar refractivity (Wildman–Crippen MR) is 103 cm³/mol. The summed E-state index contributed by atoms with van der Waals surface area (Å²) in [7, 11) is 1.89. The third kappa shape index (κ3) is 4.12. The minimum Gasteiger partial charge on any atom is -0.358 e. The van der Waals surface area contributed by atoms with Gasteiger partial charge in [0.1, 0.15) is 12.1 Å². The van der Waals surface area contributed by atoms with E-state index in [2.05, 4.69) is 26.6 Å². The second kappa shape index (κ2) is 8.73. The molecular weight excluding hydrogens is 356 g/mol. The molecule has 9 heteroatoms. The third-order valence-electron chi connectivity index (χ3n) is 4.37. The molecule has 0 spiro atoms. The van der Waals surface area contributed by atoms with Gasteiger partial charge < -0.3 is 9.80 Å². The lowest BCUT2D eigenvalue weighted by atomic mass is 10.1. The Balaban J connectivity index is 1.74. The molecule has 0 saturated carbocycles. The van der Waals surface area contributed by atoms with Crippen molar-refractivity contribution in [3.8, 4) is 11.8 Å². The molecule has 0 bridgehead atoms. The molecule has 0 atom stereocenters. The third-order valence-corrected chi connectivity index (χ3v) is 4.37. The summed E-state index contributed by atoms with van der Waals surface area (Å²) in [6.07, 6.45) is 3.07. The second-order valence-electron chi connectivity index (χ2n) is 6.09. The molecule has 1 amide bonds. The van der Waals surface area contributed by atoms with Crippen LogP contribution in [-0.2, 0) is 0 Å². The lowest BCUT2D eigenvalue weighted by molar-refractivity contribution is 0.0768. The van der Waals surface area contributed by atoms with Crippen molar-refractivity contribution >= 4 is 11.7 Å². The lowest BCUT2D eigenvalue weighted by Gasteiger charge is -2.26. The minimum absolute atomic E-state index is 0.0965. The quantitative estimate of drug-likeness (QED) is 0.616. The topological polar surface area (TPSA) is 104 Å². The Labute approximate surface area is 162 Å². The number of nitrogens with zero attached hydrogens (tertiary/aromatic N) is 8. The summed E-state index contributed by atoms with van der Waals surface area (Å²) < 4.78 is 1.48. The summed E-state index contributed by atoms with van der Waals surface area (Å²) >= 11 is 0. The molecule has 1 aromatic carbocycles. The predicted octanol–water partition coefficient (Wildman–Crippen LogP) is 1.53. The van der Waals surface area contributed by atoms with Gasteiger partial charge in [-0.15, -0.1) is 5.10 Å². The van der Waals surface area contributed by atoms with E-state index < -0.39 is 0 Å². The number of anilines is 1. The highest BCUT2D eigenvalue weighted by molar-refractivity contribution is 5.97. The largest absolute Gasteiger partial charge is 0.358 e. The van der Waals surface area contributed by atoms with Gasteiger partial charge in [0.15, 0.2) is 0 Å². The molecule has 28 heavy (non-hydrogen) atoms. The molecule has 2 aromatic heterocycles. The maximum absolute atomic E-state index is 13.1. The van der Waals surface area contributed by atoms with Crippen LogP contribution in [0.2, 0.25) is 0 Å². The number of tetrazole rings is 1. The van der Waals surface area contributed by atoms with Gasteiger partial charge in [-0.2, -0.15) is 9.94 Å². The van der Waals surface area contributed by atoms with Gasteiger partial charge in [0, 0.05) is 32.9 Å². The molecule has 0 aliphatic heterocycles. The van der Waals surface area contributed by atoms with Crippen molar-refractivity contribution in [3.63, 3.8) is 0 Å². The van der Waals surface area contributed by atoms with E-state index in [1.165, 1.54) is 11.0 Å². The van der Waals surface area contributed by atoms with Crippen LogP contribution < -0.4 is 4.90 Å². The number of amides is 1. The molecule has 9 nitrogen and oxygen atoms in total. The molecule has 0 aliphatic rings. The fourth-order valence-electron chi connectivity index (χ4n) is 2.78. The van der Waals surface area contributed by atoms with E-state index in [9.17, 15) is 4.79 Å². The molecule has 142 valence electrons. The normalized spacial score (nSPS) is 10.3. The zero-order chi connectivity index (χ0) is 19.9. The van der Waals surface area contributed by atoms with E-state index in [-0.39, 0.29) is 5.91 Å². The fourth-order valence-corrected chi connectivity index (χ4v) is 2.78. The lowest BCUT2D eigenvalue weighted by Crippen LogP contribution is -2.38. The zero-order valence-corrected chi connectivity index (χ0v) is 15.7. The molecule has 0 radical (unpaired) electrons. The number of benzene rings is 1. The van der Waals surface area contributed by atoms with E-state index in [1.54, 1.807) is 35.4 Å². The highest BCUT2D eigenvalue weighted by atomic mass is 16.2. The highest BCUT2D eigenvalue weighted by Crippen LogP contribution is 2.16. The van der Waals surface area contributed by atoms with Crippen LogP contribution in [0.5, 0.6) is 0 Å². The fraction of sp³-hybridized carbons (Fsp3) is 0.263. The Morgan fingerprint density at radius 2 is 2.07 bits per heavy atom. The maximum atomic E-state index is 13.1. The van der Waals surface area contributed by atoms with Crippen LogP contribution in [0.25, 0.3) is 5.69 Å². The monoisotopic (exact) mass is 376 g/mol. The Hall–Kier alpha value is -3.80. The van der Waals surface area contributed by atoms with Gasteiger partial charge in [0.2, 0.25) is 0 Å². The van der Waals surface area contributed by atoms with E-state index in [1.807, 2.05) is 31.0 Å². The number of hydrogen-bond acceptors (Lipinski definition) is 7. The first-order valence-corrected chi connectivity index (χ1v) is 8.83. The average molecular weight is 376 g/mol. The summed E-state index contributed by atoms with van der Waals surface area (Å²) in [6.45, 7) is 3.58. The highest BCUT2D eigenvalue weighted by Gasteiger charge is 2.19. The van der Waals surface area contributed by atoms with Gasteiger partial charge in [-0.3, -0.25) is 4.79 Å². The Bertz CT molecular complexity index is 980. The smallest absolute Gasteiger partial charge is 0.256 e. The van der Waals surface area contributed by atoms with Crippen LogP contribution in [0.3, 0.4) is 0 Å².